The second-order valence-corrected chi connectivity index (χ2v) is 7.28. The van der Waals surface area contributed by atoms with E-state index in [1.165, 1.54) is 6.07 Å². The highest BCUT2D eigenvalue weighted by molar-refractivity contribution is 7.88. The van der Waals surface area contributed by atoms with Crippen LogP contribution in [-0.4, -0.2) is 32.3 Å². The zero-order valence-corrected chi connectivity index (χ0v) is 14.7. The number of esters is 1. The summed E-state index contributed by atoms with van der Waals surface area (Å²) < 4.78 is 68.1. The molecule has 0 heterocycles. The average Bonchev–Trinajstić information content (AvgIpc) is 2.53. The van der Waals surface area contributed by atoms with E-state index in [0.29, 0.717) is 30.4 Å². The molecule has 2 rings (SSSR count). The summed E-state index contributed by atoms with van der Waals surface area (Å²) in [5, 5.41) is 0. The normalized spacial score (nSPS) is 17.5. The predicted molar refractivity (Wildman–Crippen MR) is 84.1 cm³/mol. The summed E-state index contributed by atoms with van der Waals surface area (Å²) in [4.78, 5) is 23.8. The van der Waals surface area contributed by atoms with Crippen molar-refractivity contribution in [2.24, 2.45) is 5.92 Å². The number of aryl methyl sites for hydroxylation is 1. The Labute approximate surface area is 148 Å². The van der Waals surface area contributed by atoms with Crippen LogP contribution in [0.2, 0.25) is 0 Å². The van der Waals surface area contributed by atoms with Crippen molar-refractivity contribution in [2.45, 2.75) is 38.1 Å². The number of hydrogen-bond acceptors (Lipinski definition) is 6. The largest absolute Gasteiger partial charge is 0.534 e. The Morgan fingerprint density at radius 3 is 2.62 bits per heavy atom. The van der Waals surface area contributed by atoms with Crippen LogP contribution in [0, 0.1) is 5.92 Å². The molecule has 0 saturated heterocycles. The van der Waals surface area contributed by atoms with Crippen molar-refractivity contribution in [3.63, 3.8) is 0 Å². The van der Waals surface area contributed by atoms with Gasteiger partial charge in [0.2, 0.25) is 0 Å². The van der Waals surface area contributed by atoms with Gasteiger partial charge in [-0.1, -0.05) is 0 Å². The Bertz CT molecular complexity index is 801. The molecule has 0 aliphatic heterocycles. The minimum atomic E-state index is -5.76. The molecule has 26 heavy (non-hydrogen) atoms. The molecule has 0 radical (unpaired) electrons. The molecule has 1 aliphatic rings. The van der Waals surface area contributed by atoms with Gasteiger partial charge >= 0.3 is 21.6 Å². The van der Waals surface area contributed by atoms with Crippen LogP contribution < -0.4 is 4.18 Å². The first kappa shape index (κ1) is 20.2. The van der Waals surface area contributed by atoms with E-state index >= 15 is 0 Å². The van der Waals surface area contributed by atoms with Crippen LogP contribution in [0.3, 0.4) is 0 Å². The number of rotatable bonds is 6. The third-order valence-electron chi connectivity index (χ3n) is 3.97. The molecule has 6 nitrogen and oxygen atoms in total. The fourth-order valence-electron chi connectivity index (χ4n) is 2.72. The first-order valence-corrected chi connectivity index (χ1v) is 9.29. The summed E-state index contributed by atoms with van der Waals surface area (Å²) in [6.45, 7) is 1.93. The summed E-state index contributed by atoms with van der Waals surface area (Å²) in [6.07, 6.45) is 1.18. The number of halogens is 3. The van der Waals surface area contributed by atoms with Gasteiger partial charge in [0.05, 0.1) is 6.61 Å². The SMILES string of the molecule is CCOC(=O)CCC1CCc2cc(OS(=O)(=O)C(F)(F)F)ccc2C1=O. The fourth-order valence-corrected chi connectivity index (χ4v) is 3.18. The Morgan fingerprint density at radius 2 is 2.00 bits per heavy atom. The quantitative estimate of drug-likeness (QED) is 0.419. The van der Waals surface area contributed by atoms with Crippen LogP contribution in [0.1, 0.15) is 42.1 Å². The Hall–Kier alpha value is -2.10. The van der Waals surface area contributed by atoms with Crippen LogP contribution >= 0.6 is 0 Å². The van der Waals surface area contributed by atoms with E-state index in [0.717, 1.165) is 12.1 Å². The zero-order chi connectivity index (χ0) is 19.5. The lowest BCUT2D eigenvalue weighted by Crippen LogP contribution is -2.28. The van der Waals surface area contributed by atoms with Crippen molar-refractivity contribution in [2.75, 3.05) is 6.61 Å². The monoisotopic (exact) mass is 394 g/mol. The van der Waals surface area contributed by atoms with Gasteiger partial charge < -0.3 is 8.92 Å². The van der Waals surface area contributed by atoms with E-state index in [4.69, 9.17) is 4.74 Å². The van der Waals surface area contributed by atoms with Crippen molar-refractivity contribution >= 4 is 21.9 Å². The number of carbonyl (C=O) groups excluding carboxylic acids is 2. The van der Waals surface area contributed by atoms with Crippen molar-refractivity contribution < 1.29 is 40.1 Å². The number of benzene rings is 1. The van der Waals surface area contributed by atoms with Crippen molar-refractivity contribution in [3.05, 3.63) is 29.3 Å². The Morgan fingerprint density at radius 1 is 1.31 bits per heavy atom. The topological polar surface area (TPSA) is 86.7 Å². The lowest BCUT2D eigenvalue weighted by atomic mass is 9.80. The number of alkyl halides is 3. The summed E-state index contributed by atoms with van der Waals surface area (Å²) in [7, 11) is -5.76. The zero-order valence-electron chi connectivity index (χ0n) is 13.8. The maximum atomic E-state index is 12.5. The number of hydrogen-bond donors (Lipinski definition) is 0. The smallest absolute Gasteiger partial charge is 0.466 e. The number of Topliss-reactive ketones (excluding diaryl/α,β-unsaturated/α-hetero) is 1. The minimum Gasteiger partial charge on any atom is -0.466 e. The van der Waals surface area contributed by atoms with Crippen molar-refractivity contribution in [1.82, 2.24) is 0 Å². The molecule has 0 spiro atoms. The van der Waals surface area contributed by atoms with Gasteiger partial charge in [0.15, 0.2) is 5.78 Å². The van der Waals surface area contributed by atoms with Gasteiger partial charge in [-0.2, -0.15) is 21.6 Å². The van der Waals surface area contributed by atoms with Crippen LogP contribution in [0.25, 0.3) is 0 Å². The van der Waals surface area contributed by atoms with E-state index in [2.05, 4.69) is 4.18 Å². The van der Waals surface area contributed by atoms with E-state index < -0.39 is 33.3 Å². The minimum absolute atomic E-state index is 0.102. The molecule has 0 N–H and O–H groups in total. The molecule has 0 amide bonds. The molecule has 0 aromatic heterocycles. The number of carbonyl (C=O) groups is 2. The number of ketones is 1. The second kappa shape index (κ2) is 7.65. The van der Waals surface area contributed by atoms with E-state index in [1.54, 1.807) is 6.92 Å². The van der Waals surface area contributed by atoms with E-state index in [9.17, 15) is 31.2 Å². The number of ether oxygens (including phenoxy) is 1. The van der Waals surface area contributed by atoms with Crippen LogP contribution in [0.4, 0.5) is 13.2 Å². The van der Waals surface area contributed by atoms with E-state index in [1.807, 2.05) is 0 Å². The van der Waals surface area contributed by atoms with Gasteiger partial charge in [-0.15, -0.1) is 0 Å². The lowest BCUT2D eigenvalue weighted by molar-refractivity contribution is -0.143. The first-order valence-electron chi connectivity index (χ1n) is 7.88. The molecule has 0 bridgehead atoms. The first-order chi connectivity index (χ1) is 12.0. The van der Waals surface area contributed by atoms with Gasteiger partial charge in [-0.3, -0.25) is 9.59 Å². The maximum absolute atomic E-state index is 12.5. The standard InChI is InChI=1S/C16H17F3O6S/c1-2-24-14(20)8-5-10-3-4-11-9-12(6-7-13(11)15(10)21)25-26(22,23)16(17,18)19/h6-7,9-10H,2-5,8H2,1H3. The van der Waals surface area contributed by atoms with Gasteiger partial charge in [0.25, 0.3) is 0 Å². The van der Waals surface area contributed by atoms with Gasteiger partial charge in [0, 0.05) is 17.9 Å². The molecular formula is C16H17F3O6S. The molecule has 0 fully saturated rings. The molecule has 1 aliphatic carbocycles. The van der Waals surface area contributed by atoms with Gasteiger partial charge in [-0.25, -0.2) is 0 Å². The average molecular weight is 394 g/mol. The van der Waals surface area contributed by atoms with E-state index in [-0.39, 0.29) is 18.8 Å². The summed E-state index contributed by atoms with van der Waals surface area (Å²) in [6, 6.07) is 3.38. The molecule has 144 valence electrons. The fraction of sp³-hybridized carbons (Fsp3) is 0.500. The molecule has 1 aromatic rings. The molecule has 10 heteroatoms. The highest BCUT2D eigenvalue weighted by Gasteiger charge is 2.48. The summed E-state index contributed by atoms with van der Waals surface area (Å²) in [5.74, 6) is -1.52. The Balaban J connectivity index is 2.11. The number of fused-ring (bicyclic) bond motifs is 1. The Kier molecular flexibility index (Phi) is 5.94. The van der Waals surface area contributed by atoms with Crippen LogP contribution in [0.15, 0.2) is 18.2 Å². The van der Waals surface area contributed by atoms with Crippen LogP contribution in [0.5, 0.6) is 5.75 Å². The molecular weight excluding hydrogens is 377 g/mol. The molecule has 1 unspecified atom stereocenters. The van der Waals surface area contributed by atoms with Gasteiger partial charge in [-0.05, 0) is 49.9 Å². The summed E-state index contributed by atoms with van der Waals surface area (Å²) in [5.41, 5.74) is -4.82. The predicted octanol–water partition coefficient (Wildman–Crippen LogP) is 3.00. The molecule has 1 aromatic carbocycles. The second-order valence-electron chi connectivity index (χ2n) is 5.75. The third-order valence-corrected chi connectivity index (χ3v) is 4.95. The van der Waals surface area contributed by atoms with Crippen LogP contribution in [-0.2, 0) is 26.1 Å². The highest BCUT2D eigenvalue weighted by Crippen LogP contribution is 2.33. The summed E-state index contributed by atoms with van der Waals surface area (Å²) >= 11 is 0. The third kappa shape index (κ3) is 4.54. The lowest BCUT2D eigenvalue weighted by Gasteiger charge is -2.23. The highest BCUT2D eigenvalue weighted by atomic mass is 32.2. The maximum Gasteiger partial charge on any atom is 0.534 e. The van der Waals surface area contributed by atoms with Crippen molar-refractivity contribution in [3.8, 4) is 5.75 Å². The molecule has 1 atom stereocenters. The van der Waals surface area contributed by atoms with Crippen molar-refractivity contribution in [1.29, 1.82) is 0 Å². The molecule has 0 saturated carbocycles. The van der Waals surface area contributed by atoms with Gasteiger partial charge in [0.1, 0.15) is 5.75 Å².